The number of piperidine rings is 1. The number of nitrogens with two attached hydrogens (primary N) is 1. The van der Waals surface area contributed by atoms with Crippen molar-refractivity contribution in [3.05, 3.63) is 11.4 Å². The quantitative estimate of drug-likeness (QED) is 0.705. The lowest BCUT2D eigenvalue weighted by molar-refractivity contribution is -0.168. The van der Waals surface area contributed by atoms with Crippen LogP contribution in [0.15, 0.2) is 0 Å². The molecule has 0 radical (unpaired) electrons. The van der Waals surface area contributed by atoms with Crippen LogP contribution in [0.2, 0.25) is 0 Å². The largest absolute Gasteiger partial charge is 0.466 e. The van der Waals surface area contributed by atoms with Gasteiger partial charge in [0.1, 0.15) is 0 Å². The Balaban J connectivity index is 1.54. The van der Waals surface area contributed by atoms with Gasteiger partial charge < -0.3 is 25.1 Å². The van der Waals surface area contributed by atoms with Crippen molar-refractivity contribution in [3.8, 4) is 0 Å². The highest BCUT2D eigenvalue weighted by molar-refractivity contribution is 5.94. The third kappa shape index (κ3) is 3.80. The fourth-order valence-corrected chi connectivity index (χ4v) is 5.53. The number of ether oxygens (including phenoxy) is 2. The van der Waals surface area contributed by atoms with E-state index in [2.05, 4.69) is 14.9 Å². The molecule has 1 aromatic heterocycles. The van der Waals surface area contributed by atoms with Crippen LogP contribution in [0.5, 0.6) is 0 Å². The number of nitrogen functional groups attached to an aromatic ring is 1. The lowest BCUT2D eigenvalue weighted by atomic mass is 9.61. The van der Waals surface area contributed by atoms with Crippen LogP contribution >= 0.6 is 0 Å². The summed E-state index contributed by atoms with van der Waals surface area (Å²) in [5.41, 5.74) is 6.08. The molecular weight excluding hydrogens is 386 g/mol. The van der Waals surface area contributed by atoms with Crippen molar-refractivity contribution >= 4 is 17.8 Å². The molecule has 9 heteroatoms. The van der Waals surface area contributed by atoms with E-state index in [4.69, 9.17) is 15.2 Å². The number of aromatic amines is 1. The highest BCUT2D eigenvalue weighted by Crippen LogP contribution is 2.48. The number of imidazole rings is 1. The van der Waals surface area contributed by atoms with E-state index in [-0.39, 0.29) is 23.7 Å². The lowest BCUT2D eigenvalue weighted by Crippen LogP contribution is -2.59. The van der Waals surface area contributed by atoms with Crippen LogP contribution in [-0.4, -0.2) is 83.7 Å². The number of morpholine rings is 1. The summed E-state index contributed by atoms with van der Waals surface area (Å²) < 4.78 is 11.0. The number of fused-ring (bicyclic) bond motifs is 1. The average molecular weight is 420 g/mol. The number of nitrogens with one attached hydrogen (secondary N) is 1. The molecule has 2 saturated heterocycles. The summed E-state index contributed by atoms with van der Waals surface area (Å²) in [7, 11) is 0. The van der Waals surface area contributed by atoms with Crippen LogP contribution in [0.4, 0.5) is 5.95 Å². The van der Waals surface area contributed by atoms with Crippen molar-refractivity contribution < 1.29 is 19.1 Å². The number of H-pyrrole nitrogens is 1. The smallest absolute Gasteiger partial charge is 0.314 e. The number of hydrogen-bond acceptors (Lipinski definition) is 7. The molecule has 1 aliphatic carbocycles. The average Bonchev–Trinajstić information content (AvgIpc) is 3.11. The Labute approximate surface area is 177 Å². The molecule has 1 amide bonds. The van der Waals surface area contributed by atoms with E-state index in [9.17, 15) is 9.59 Å². The second kappa shape index (κ2) is 8.55. The van der Waals surface area contributed by atoms with E-state index in [1.165, 1.54) is 0 Å². The molecule has 3 fully saturated rings. The Kier molecular flexibility index (Phi) is 6.02. The third-order valence-corrected chi connectivity index (χ3v) is 7.12. The zero-order valence-corrected chi connectivity index (χ0v) is 18.0. The topological polar surface area (TPSA) is 114 Å². The monoisotopic (exact) mass is 419 g/mol. The zero-order chi connectivity index (χ0) is 21.3. The number of rotatable bonds is 4. The number of anilines is 1. The van der Waals surface area contributed by atoms with Gasteiger partial charge in [0.05, 0.1) is 25.2 Å². The van der Waals surface area contributed by atoms with E-state index in [0.717, 1.165) is 52.0 Å². The van der Waals surface area contributed by atoms with Gasteiger partial charge in [-0.2, -0.15) is 0 Å². The van der Waals surface area contributed by atoms with Crippen molar-refractivity contribution in [2.24, 2.45) is 11.3 Å². The minimum Gasteiger partial charge on any atom is -0.466 e. The molecule has 1 aromatic rings. The summed E-state index contributed by atoms with van der Waals surface area (Å²) >= 11 is 0. The summed E-state index contributed by atoms with van der Waals surface area (Å²) in [5, 5.41) is 0. The van der Waals surface area contributed by atoms with Crippen molar-refractivity contribution in [2.75, 3.05) is 51.7 Å². The first-order valence-electron chi connectivity index (χ1n) is 11.0. The number of likely N-dealkylation sites (tertiary alicyclic amines) is 1. The van der Waals surface area contributed by atoms with Gasteiger partial charge in [-0.1, -0.05) is 0 Å². The number of nitrogens with zero attached hydrogens (tertiary/aromatic N) is 3. The Hall–Kier alpha value is -2.13. The highest BCUT2D eigenvalue weighted by Gasteiger charge is 2.54. The molecule has 3 N–H and O–H groups in total. The molecule has 0 unspecified atom stereocenters. The predicted molar refractivity (Wildman–Crippen MR) is 111 cm³/mol. The number of hydrogen-bond donors (Lipinski definition) is 2. The SMILES string of the molecule is CCOC(=O)[C@@]12CC[C@H](N3CCOCC3)C[C@H]1CCN(C(=O)c1nc(N)[nH]c1C)C2. The van der Waals surface area contributed by atoms with Gasteiger partial charge in [0.15, 0.2) is 11.6 Å². The molecule has 1 saturated carbocycles. The summed E-state index contributed by atoms with van der Waals surface area (Å²) in [5.74, 6) is 0.119. The van der Waals surface area contributed by atoms with Gasteiger partial charge in [0, 0.05) is 37.9 Å². The van der Waals surface area contributed by atoms with E-state index >= 15 is 0 Å². The number of esters is 1. The van der Waals surface area contributed by atoms with Crippen molar-refractivity contribution in [1.82, 2.24) is 19.8 Å². The Bertz CT molecular complexity index is 790. The van der Waals surface area contributed by atoms with E-state index in [1.54, 1.807) is 11.8 Å². The molecule has 9 nitrogen and oxygen atoms in total. The Morgan fingerprint density at radius 3 is 2.73 bits per heavy atom. The fourth-order valence-electron chi connectivity index (χ4n) is 5.53. The maximum atomic E-state index is 13.2. The first kappa shape index (κ1) is 21.1. The van der Waals surface area contributed by atoms with Crippen LogP contribution < -0.4 is 5.73 Å². The summed E-state index contributed by atoms with van der Waals surface area (Å²) in [6.45, 7) is 8.44. The van der Waals surface area contributed by atoms with E-state index < -0.39 is 5.41 Å². The second-order valence-electron chi connectivity index (χ2n) is 8.76. The number of carbonyl (C=O) groups excluding carboxylic acids is 2. The number of aromatic nitrogens is 2. The van der Waals surface area contributed by atoms with Crippen LogP contribution in [0, 0.1) is 18.3 Å². The lowest BCUT2D eigenvalue weighted by Gasteiger charge is -2.52. The maximum absolute atomic E-state index is 13.2. The Morgan fingerprint density at radius 2 is 2.07 bits per heavy atom. The molecule has 2 aliphatic heterocycles. The second-order valence-corrected chi connectivity index (χ2v) is 8.76. The summed E-state index contributed by atoms with van der Waals surface area (Å²) in [6, 6.07) is 0.470. The summed E-state index contributed by atoms with van der Waals surface area (Å²) in [6.07, 6.45) is 3.44. The van der Waals surface area contributed by atoms with Gasteiger partial charge in [-0.05, 0) is 45.4 Å². The maximum Gasteiger partial charge on any atom is 0.314 e. The molecule has 30 heavy (non-hydrogen) atoms. The number of amides is 1. The zero-order valence-electron chi connectivity index (χ0n) is 18.0. The fraction of sp³-hybridized carbons (Fsp3) is 0.762. The Morgan fingerprint density at radius 1 is 1.30 bits per heavy atom. The van der Waals surface area contributed by atoms with Gasteiger partial charge in [-0.15, -0.1) is 0 Å². The van der Waals surface area contributed by atoms with Crippen molar-refractivity contribution in [1.29, 1.82) is 0 Å². The molecule has 4 rings (SSSR count). The molecule has 3 heterocycles. The molecule has 0 bridgehead atoms. The predicted octanol–water partition coefficient (Wildman–Crippen LogP) is 1.20. The molecule has 0 spiro atoms. The first-order valence-corrected chi connectivity index (χ1v) is 11.0. The van der Waals surface area contributed by atoms with Gasteiger partial charge in [-0.3, -0.25) is 14.5 Å². The van der Waals surface area contributed by atoms with Crippen LogP contribution in [0.3, 0.4) is 0 Å². The van der Waals surface area contributed by atoms with E-state index in [1.807, 2.05) is 6.92 Å². The minimum absolute atomic E-state index is 0.161. The number of aryl methyl sites for hydroxylation is 1. The minimum atomic E-state index is -0.636. The third-order valence-electron chi connectivity index (χ3n) is 7.12. The van der Waals surface area contributed by atoms with Crippen LogP contribution in [0.25, 0.3) is 0 Å². The van der Waals surface area contributed by atoms with Gasteiger partial charge in [-0.25, -0.2) is 4.98 Å². The van der Waals surface area contributed by atoms with Crippen molar-refractivity contribution in [2.45, 2.75) is 45.6 Å². The molecular formula is C21H33N5O4. The van der Waals surface area contributed by atoms with Crippen molar-refractivity contribution in [3.63, 3.8) is 0 Å². The molecule has 0 aromatic carbocycles. The standard InChI is InChI=1S/C21H33N5O4/c1-3-30-19(28)21-6-4-16(25-8-10-29-11-9-25)12-15(21)5-7-26(13-21)18(27)17-14(2)23-20(22)24-17/h15-16H,3-13H2,1-2H3,(H3,22,23,24)/t15-,16+,21-/m1/s1. The summed E-state index contributed by atoms with van der Waals surface area (Å²) in [4.78, 5) is 37.7. The molecule has 3 aliphatic rings. The van der Waals surface area contributed by atoms with Crippen LogP contribution in [-0.2, 0) is 14.3 Å². The van der Waals surface area contributed by atoms with Gasteiger partial charge in [0.2, 0.25) is 0 Å². The van der Waals surface area contributed by atoms with E-state index in [0.29, 0.717) is 37.1 Å². The van der Waals surface area contributed by atoms with Gasteiger partial charge in [0.25, 0.3) is 5.91 Å². The van der Waals surface area contributed by atoms with Gasteiger partial charge >= 0.3 is 5.97 Å². The molecule has 166 valence electrons. The van der Waals surface area contributed by atoms with Crippen LogP contribution in [0.1, 0.15) is 48.8 Å². The highest BCUT2D eigenvalue weighted by atomic mass is 16.5. The molecule has 3 atom stereocenters. The first-order chi connectivity index (χ1) is 14.4. The number of carbonyl (C=O) groups is 2. The normalized spacial score (nSPS) is 30.0.